The van der Waals surface area contributed by atoms with Crippen LogP contribution in [-0.4, -0.2) is 30.1 Å². The van der Waals surface area contributed by atoms with Crippen LogP contribution in [0.2, 0.25) is 0 Å². The molecule has 2 aromatic carbocycles. The zero-order chi connectivity index (χ0) is 19.6. The SMILES string of the molecule is O=C(NC1CC1)c1cc(NCC2CCOC2c2ccccc2)nc2ccccc12. The average molecular weight is 387 g/mol. The summed E-state index contributed by atoms with van der Waals surface area (Å²) < 4.78 is 6.00. The molecule has 1 aliphatic heterocycles. The van der Waals surface area contributed by atoms with Crippen molar-refractivity contribution in [2.24, 2.45) is 5.92 Å². The molecule has 29 heavy (non-hydrogen) atoms. The first kappa shape index (κ1) is 18.1. The van der Waals surface area contributed by atoms with Crippen molar-refractivity contribution in [3.63, 3.8) is 0 Å². The van der Waals surface area contributed by atoms with Crippen LogP contribution in [0.3, 0.4) is 0 Å². The molecule has 1 amide bonds. The van der Waals surface area contributed by atoms with Crippen molar-refractivity contribution in [1.82, 2.24) is 10.3 Å². The Kier molecular flexibility index (Phi) is 4.90. The van der Waals surface area contributed by atoms with Gasteiger partial charge >= 0.3 is 0 Å². The Morgan fingerprint density at radius 3 is 2.66 bits per heavy atom. The molecule has 2 aliphatic rings. The smallest absolute Gasteiger partial charge is 0.252 e. The molecular formula is C24H25N3O2. The van der Waals surface area contributed by atoms with E-state index in [1.165, 1.54) is 5.56 Å². The van der Waals surface area contributed by atoms with Gasteiger partial charge in [0.25, 0.3) is 5.91 Å². The topological polar surface area (TPSA) is 63.2 Å². The van der Waals surface area contributed by atoms with Gasteiger partial charge in [0.15, 0.2) is 0 Å². The summed E-state index contributed by atoms with van der Waals surface area (Å²) in [6.07, 6.45) is 3.25. The second kappa shape index (κ2) is 7.84. The number of benzene rings is 2. The largest absolute Gasteiger partial charge is 0.373 e. The minimum absolute atomic E-state index is 0.0134. The Morgan fingerprint density at radius 2 is 1.83 bits per heavy atom. The van der Waals surface area contributed by atoms with Gasteiger partial charge in [0.1, 0.15) is 5.82 Å². The number of rotatable bonds is 6. The molecule has 0 radical (unpaired) electrons. The Bertz CT molecular complexity index is 1020. The fourth-order valence-electron chi connectivity index (χ4n) is 4.03. The summed E-state index contributed by atoms with van der Waals surface area (Å²) in [6, 6.07) is 20.4. The molecule has 0 bridgehead atoms. The molecule has 1 saturated heterocycles. The summed E-state index contributed by atoms with van der Waals surface area (Å²) in [5.74, 6) is 1.10. The predicted molar refractivity (Wildman–Crippen MR) is 114 cm³/mol. The van der Waals surface area contributed by atoms with Gasteiger partial charge in [-0.2, -0.15) is 0 Å². The Morgan fingerprint density at radius 1 is 1.03 bits per heavy atom. The van der Waals surface area contributed by atoms with Gasteiger partial charge in [0.05, 0.1) is 17.2 Å². The number of ether oxygens (including phenoxy) is 1. The Labute approximate surface area is 170 Å². The van der Waals surface area contributed by atoms with Crippen molar-refractivity contribution in [2.75, 3.05) is 18.5 Å². The molecule has 5 heteroatoms. The molecule has 148 valence electrons. The molecule has 2 atom stereocenters. The number of nitrogens with one attached hydrogen (secondary N) is 2. The summed E-state index contributed by atoms with van der Waals surface area (Å²) in [6.45, 7) is 1.53. The highest BCUT2D eigenvalue weighted by Crippen LogP contribution is 2.34. The maximum atomic E-state index is 12.8. The predicted octanol–water partition coefficient (Wildman–Crippen LogP) is 4.32. The number of hydrogen-bond acceptors (Lipinski definition) is 4. The van der Waals surface area contributed by atoms with Crippen LogP contribution in [0, 0.1) is 5.92 Å². The van der Waals surface area contributed by atoms with Crippen LogP contribution >= 0.6 is 0 Å². The van der Waals surface area contributed by atoms with Crippen LogP contribution in [0.1, 0.15) is 41.3 Å². The third kappa shape index (κ3) is 3.96. The molecule has 5 rings (SSSR count). The lowest BCUT2D eigenvalue weighted by Gasteiger charge is -2.20. The summed E-state index contributed by atoms with van der Waals surface area (Å²) in [4.78, 5) is 17.5. The lowest BCUT2D eigenvalue weighted by molar-refractivity contribution is 0.0932. The Hall–Kier alpha value is -2.92. The number of nitrogens with zero attached hydrogens (tertiary/aromatic N) is 1. The molecule has 1 aromatic heterocycles. The highest BCUT2D eigenvalue weighted by atomic mass is 16.5. The van der Waals surface area contributed by atoms with Gasteiger partial charge < -0.3 is 15.4 Å². The van der Waals surface area contributed by atoms with Crippen molar-refractivity contribution in [2.45, 2.75) is 31.4 Å². The van der Waals surface area contributed by atoms with E-state index in [1.54, 1.807) is 0 Å². The molecule has 2 N–H and O–H groups in total. The van der Waals surface area contributed by atoms with E-state index in [0.29, 0.717) is 17.5 Å². The van der Waals surface area contributed by atoms with E-state index in [2.05, 4.69) is 34.9 Å². The van der Waals surface area contributed by atoms with Crippen LogP contribution in [0.5, 0.6) is 0 Å². The second-order valence-corrected chi connectivity index (χ2v) is 7.95. The van der Waals surface area contributed by atoms with E-state index < -0.39 is 0 Å². The molecule has 2 fully saturated rings. The quantitative estimate of drug-likeness (QED) is 0.661. The minimum atomic E-state index is -0.0134. The van der Waals surface area contributed by atoms with Gasteiger partial charge in [-0.15, -0.1) is 0 Å². The molecule has 5 nitrogen and oxygen atoms in total. The molecule has 0 spiro atoms. The number of carbonyl (C=O) groups excluding carboxylic acids is 1. The zero-order valence-corrected chi connectivity index (χ0v) is 16.3. The third-order valence-electron chi connectivity index (χ3n) is 5.76. The summed E-state index contributed by atoms with van der Waals surface area (Å²) in [7, 11) is 0. The van der Waals surface area contributed by atoms with Crippen molar-refractivity contribution >= 4 is 22.6 Å². The number of aromatic nitrogens is 1. The first-order valence-corrected chi connectivity index (χ1v) is 10.4. The molecule has 3 aromatic rings. The van der Waals surface area contributed by atoms with Gasteiger partial charge in [-0.25, -0.2) is 4.98 Å². The number of amides is 1. The standard InChI is InChI=1S/C24H25N3O2/c28-24(26-18-10-11-18)20-14-22(27-21-9-5-4-8-19(20)21)25-15-17-12-13-29-23(17)16-6-2-1-3-7-16/h1-9,14,17-18,23H,10-13,15H2,(H,25,27)(H,26,28). The van der Waals surface area contributed by atoms with Crippen molar-refractivity contribution in [3.8, 4) is 0 Å². The van der Waals surface area contributed by atoms with E-state index in [4.69, 9.17) is 9.72 Å². The lowest BCUT2D eigenvalue weighted by Crippen LogP contribution is -2.26. The van der Waals surface area contributed by atoms with E-state index in [1.807, 2.05) is 36.4 Å². The van der Waals surface area contributed by atoms with E-state index in [0.717, 1.165) is 49.1 Å². The van der Waals surface area contributed by atoms with Gasteiger partial charge in [0, 0.05) is 30.5 Å². The maximum Gasteiger partial charge on any atom is 0.252 e. The second-order valence-electron chi connectivity index (χ2n) is 7.95. The van der Waals surface area contributed by atoms with E-state index in [9.17, 15) is 4.79 Å². The first-order valence-electron chi connectivity index (χ1n) is 10.4. The van der Waals surface area contributed by atoms with Crippen molar-refractivity contribution in [3.05, 3.63) is 71.8 Å². The fraction of sp³-hybridized carbons (Fsp3) is 0.333. The van der Waals surface area contributed by atoms with Crippen LogP contribution in [0.15, 0.2) is 60.7 Å². The van der Waals surface area contributed by atoms with Crippen LogP contribution in [0.4, 0.5) is 5.82 Å². The molecule has 1 saturated carbocycles. The number of hydrogen-bond donors (Lipinski definition) is 2. The Balaban J connectivity index is 1.36. The summed E-state index contributed by atoms with van der Waals surface area (Å²) >= 11 is 0. The van der Waals surface area contributed by atoms with Gasteiger partial charge in [-0.1, -0.05) is 48.5 Å². The normalized spacial score (nSPS) is 21.2. The number of para-hydroxylation sites is 1. The first-order chi connectivity index (χ1) is 14.3. The van der Waals surface area contributed by atoms with E-state index >= 15 is 0 Å². The van der Waals surface area contributed by atoms with Gasteiger partial charge in [0.2, 0.25) is 0 Å². The monoisotopic (exact) mass is 387 g/mol. The van der Waals surface area contributed by atoms with Gasteiger partial charge in [-0.3, -0.25) is 4.79 Å². The molecule has 2 heterocycles. The zero-order valence-electron chi connectivity index (χ0n) is 16.3. The summed E-state index contributed by atoms with van der Waals surface area (Å²) in [5.41, 5.74) is 2.74. The van der Waals surface area contributed by atoms with Crippen LogP contribution in [0.25, 0.3) is 10.9 Å². The minimum Gasteiger partial charge on any atom is -0.373 e. The lowest BCUT2D eigenvalue weighted by atomic mass is 9.95. The third-order valence-corrected chi connectivity index (χ3v) is 5.76. The van der Waals surface area contributed by atoms with Crippen molar-refractivity contribution < 1.29 is 9.53 Å². The van der Waals surface area contributed by atoms with Gasteiger partial charge in [-0.05, 0) is 37.0 Å². The maximum absolute atomic E-state index is 12.8. The van der Waals surface area contributed by atoms with Crippen molar-refractivity contribution in [1.29, 1.82) is 0 Å². The number of anilines is 1. The molecular weight excluding hydrogens is 362 g/mol. The number of pyridine rings is 1. The van der Waals surface area contributed by atoms with E-state index in [-0.39, 0.29) is 12.0 Å². The highest BCUT2D eigenvalue weighted by molar-refractivity contribution is 6.07. The molecule has 2 unspecified atom stereocenters. The molecule has 1 aliphatic carbocycles. The van der Waals surface area contributed by atoms with Crippen LogP contribution in [-0.2, 0) is 4.74 Å². The average Bonchev–Trinajstić information content (AvgIpc) is 3.45. The summed E-state index contributed by atoms with van der Waals surface area (Å²) in [5, 5.41) is 7.46. The van der Waals surface area contributed by atoms with Crippen LogP contribution < -0.4 is 10.6 Å². The number of fused-ring (bicyclic) bond motifs is 1. The fourth-order valence-corrected chi connectivity index (χ4v) is 4.03. The highest BCUT2D eigenvalue weighted by Gasteiger charge is 2.29. The number of carbonyl (C=O) groups is 1.